The van der Waals surface area contributed by atoms with Gasteiger partial charge in [0.2, 0.25) is 5.78 Å². The number of carbonyl (C=O) groups is 2. The topological polar surface area (TPSA) is 86.6 Å². The van der Waals surface area contributed by atoms with Gasteiger partial charge in [0.05, 0.1) is 17.8 Å². The highest BCUT2D eigenvalue weighted by atomic mass is 28.3. The number of hydrogen-bond acceptors (Lipinski definition) is 6. The molecule has 0 aliphatic rings. The molecule has 0 unspecified atom stereocenters. The van der Waals surface area contributed by atoms with Gasteiger partial charge in [-0.05, 0) is 69.5 Å². The Bertz CT molecular complexity index is 1380. The number of amides is 1. The van der Waals surface area contributed by atoms with Crippen molar-refractivity contribution < 1.29 is 23.5 Å². The lowest BCUT2D eigenvalue weighted by molar-refractivity contribution is 0.0284. The fourth-order valence-corrected chi connectivity index (χ4v) is 4.79. The number of benzene rings is 1. The predicted octanol–water partition coefficient (Wildman–Crippen LogP) is 6.61. The number of imidazole rings is 1. The second-order valence-corrected chi connectivity index (χ2v) is 18.0. The molecule has 0 spiro atoms. The van der Waals surface area contributed by atoms with Crippen molar-refractivity contribution in [3.8, 4) is 11.1 Å². The summed E-state index contributed by atoms with van der Waals surface area (Å²) in [5.74, 6) is -1.02. The molecule has 0 fully saturated rings. The largest absolute Gasteiger partial charge is 0.444 e. The summed E-state index contributed by atoms with van der Waals surface area (Å²) in [6.45, 7) is 17.0. The molecule has 0 saturated carbocycles. The number of ketones is 1. The van der Waals surface area contributed by atoms with Crippen LogP contribution in [0.4, 0.5) is 9.18 Å². The van der Waals surface area contributed by atoms with Crippen LogP contribution in [-0.4, -0.2) is 58.6 Å². The smallest absolute Gasteiger partial charge is 0.410 e. The number of rotatable bonds is 10. The van der Waals surface area contributed by atoms with E-state index in [1.54, 1.807) is 43.2 Å². The minimum absolute atomic E-state index is 0.0814. The molecule has 216 valence electrons. The third-order valence-corrected chi connectivity index (χ3v) is 7.99. The van der Waals surface area contributed by atoms with Crippen LogP contribution in [0.1, 0.15) is 53.8 Å². The lowest BCUT2D eigenvalue weighted by atomic mass is 9.96. The van der Waals surface area contributed by atoms with Gasteiger partial charge in [-0.1, -0.05) is 25.7 Å². The van der Waals surface area contributed by atoms with Crippen LogP contribution < -0.4 is 0 Å². The quantitative estimate of drug-likeness (QED) is 0.155. The first kappa shape index (κ1) is 31.2. The second-order valence-electron chi connectivity index (χ2n) is 12.4. The van der Waals surface area contributed by atoms with Crippen molar-refractivity contribution in [2.24, 2.45) is 0 Å². The summed E-state index contributed by atoms with van der Waals surface area (Å²) >= 11 is 0. The third-order valence-electron chi connectivity index (χ3n) is 6.28. The van der Waals surface area contributed by atoms with Gasteiger partial charge < -0.3 is 18.9 Å². The van der Waals surface area contributed by atoms with E-state index in [9.17, 15) is 9.59 Å². The molecule has 0 bridgehead atoms. The van der Waals surface area contributed by atoms with E-state index in [-0.39, 0.29) is 24.7 Å². The van der Waals surface area contributed by atoms with Gasteiger partial charge in [-0.2, -0.15) is 0 Å². The molecule has 40 heavy (non-hydrogen) atoms. The van der Waals surface area contributed by atoms with E-state index >= 15 is 4.39 Å². The van der Waals surface area contributed by atoms with Crippen molar-refractivity contribution in [3.05, 3.63) is 70.8 Å². The van der Waals surface area contributed by atoms with E-state index in [4.69, 9.17) is 9.47 Å². The maximum Gasteiger partial charge on any atom is 0.410 e. The molecule has 0 aliphatic carbocycles. The van der Waals surface area contributed by atoms with Gasteiger partial charge >= 0.3 is 6.09 Å². The molecule has 0 saturated heterocycles. The van der Waals surface area contributed by atoms with Gasteiger partial charge in [-0.25, -0.2) is 14.2 Å². The summed E-state index contributed by atoms with van der Waals surface area (Å²) in [5, 5.41) is 0. The minimum Gasteiger partial charge on any atom is -0.444 e. The zero-order valence-corrected chi connectivity index (χ0v) is 26.1. The maximum atomic E-state index is 15.0. The molecule has 0 N–H and O–H groups in total. The highest BCUT2D eigenvalue weighted by Crippen LogP contribution is 2.28. The Kier molecular flexibility index (Phi) is 9.68. The van der Waals surface area contributed by atoms with E-state index in [0.29, 0.717) is 17.9 Å². The zero-order chi connectivity index (χ0) is 29.8. The predicted molar refractivity (Wildman–Crippen MR) is 157 cm³/mol. The first-order valence-electron chi connectivity index (χ1n) is 13.4. The van der Waals surface area contributed by atoms with E-state index < -0.39 is 31.4 Å². The second kappa shape index (κ2) is 12.4. The number of hydrogen-bond donors (Lipinski definition) is 0. The average molecular weight is 569 g/mol. The first-order valence-corrected chi connectivity index (χ1v) is 17.1. The Morgan fingerprint density at radius 1 is 1.12 bits per heavy atom. The molecular formula is C30H41FN4O4Si. The van der Waals surface area contributed by atoms with Crippen molar-refractivity contribution in [2.75, 3.05) is 13.7 Å². The molecule has 1 amide bonds. The van der Waals surface area contributed by atoms with Crippen LogP contribution in [0, 0.1) is 19.7 Å². The Morgan fingerprint density at radius 2 is 1.82 bits per heavy atom. The standard InChI is InChI=1S/C30H41FN4O4Si/c1-20-17-35(19-38-12-13-40(7,8)9)28(33-20)27(36)24-14-22(10-11-26(24)31)25-16-32-15-23(21(25)2)18-34(6)29(37)39-30(3,4)5/h10-11,14-17H,12-13,18-19H2,1-9H3. The van der Waals surface area contributed by atoms with Crippen molar-refractivity contribution in [3.63, 3.8) is 0 Å². The van der Waals surface area contributed by atoms with Crippen molar-refractivity contribution in [1.82, 2.24) is 19.4 Å². The molecule has 0 radical (unpaired) electrons. The molecule has 2 aromatic heterocycles. The van der Waals surface area contributed by atoms with Crippen molar-refractivity contribution in [1.29, 1.82) is 0 Å². The van der Waals surface area contributed by atoms with Gasteiger partial charge in [0.15, 0.2) is 5.82 Å². The average Bonchev–Trinajstić information content (AvgIpc) is 3.22. The lowest BCUT2D eigenvalue weighted by Crippen LogP contribution is -2.34. The number of halogens is 1. The fourth-order valence-electron chi connectivity index (χ4n) is 4.03. The van der Waals surface area contributed by atoms with Crippen LogP contribution in [0.15, 0.2) is 36.8 Å². The molecular weight excluding hydrogens is 527 g/mol. The number of carbonyl (C=O) groups excluding carboxylic acids is 2. The summed E-state index contributed by atoms with van der Waals surface area (Å²) in [4.78, 5) is 36.2. The summed E-state index contributed by atoms with van der Waals surface area (Å²) in [7, 11) is 0.406. The van der Waals surface area contributed by atoms with Crippen LogP contribution in [0.5, 0.6) is 0 Å². The van der Waals surface area contributed by atoms with Crippen LogP contribution >= 0.6 is 0 Å². The van der Waals surface area contributed by atoms with E-state index in [1.807, 2.05) is 27.7 Å². The van der Waals surface area contributed by atoms with Gasteiger partial charge in [-0.15, -0.1) is 0 Å². The molecule has 0 aliphatic heterocycles. The van der Waals surface area contributed by atoms with Crippen LogP contribution in [0.3, 0.4) is 0 Å². The number of ether oxygens (including phenoxy) is 2. The van der Waals surface area contributed by atoms with Crippen molar-refractivity contribution in [2.45, 2.75) is 79.2 Å². The zero-order valence-electron chi connectivity index (χ0n) is 25.1. The van der Waals surface area contributed by atoms with Crippen LogP contribution in [0.2, 0.25) is 25.7 Å². The SMILES string of the molecule is Cc1cn(COCC[Si](C)(C)C)c(C(=O)c2cc(-c3cncc(CN(C)C(=O)OC(C)(C)C)c3C)ccc2F)n1. The highest BCUT2D eigenvalue weighted by Gasteiger charge is 2.23. The molecule has 8 nitrogen and oxygen atoms in total. The van der Waals surface area contributed by atoms with Gasteiger partial charge in [0.25, 0.3) is 0 Å². The van der Waals surface area contributed by atoms with E-state index in [2.05, 4.69) is 29.6 Å². The molecule has 3 aromatic rings. The summed E-state index contributed by atoms with van der Waals surface area (Å²) in [6.07, 6.45) is 4.66. The number of aromatic nitrogens is 3. The number of nitrogens with zero attached hydrogens (tertiary/aromatic N) is 4. The fraction of sp³-hybridized carbons (Fsp3) is 0.467. The molecule has 3 rings (SSSR count). The van der Waals surface area contributed by atoms with Crippen LogP contribution in [0.25, 0.3) is 11.1 Å². The number of pyridine rings is 1. The van der Waals surface area contributed by atoms with Crippen LogP contribution in [-0.2, 0) is 22.7 Å². The Morgan fingerprint density at radius 3 is 2.48 bits per heavy atom. The first-order chi connectivity index (χ1) is 18.6. The minimum atomic E-state index is -1.25. The van der Waals surface area contributed by atoms with E-state index in [1.165, 1.54) is 17.0 Å². The monoisotopic (exact) mass is 568 g/mol. The molecule has 1 aromatic carbocycles. The van der Waals surface area contributed by atoms with Gasteiger partial charge in [0.1, 0.15) is 18.1 Å². The van der Waals surface area contributed by atoms with E-state index in [0.717, 1.165) is 22.7 Å². The molecule has 0 atom stereocenters. The maximum absolute atomic E-state index is 15.0. The Balaban J connectivity index is 1.86. The Hall–Kier alpha value is -3.37. The van der Waals surface area contributed by atoms with Gasteiger partial charge in [0, 0.05) is 45.9 Å². The molecule has 2 heterocycles. The lowest BCUT2D eigenvalue weighted by Gasteiger charge is -2.25. The van der Waals surface area contributed by atoms with Crippen molar-refractivity contribution >= 4 is 20.0 Å². The third kappa shape index (κ3) is 8.31. The summed E-state index contributed by atoms with van der Waals surface area (Å²) in [6, 6.07) is 5.44. The normalized spacial score (nSPS) is 11.9. The molecule has 10 heteroatoms. The highest BCUT2D eigenvalue weighted by molar-refractivity contribution is 6.76. The Labute approximate surface area is 237 Å². The summed E-state index contributed by atoms with van der Waals surface area (Å²) in [5.41, 5.74) is 3.01. The number of aryl methyl sites for hydroxylation is 1. The van der Waals surface area contributed by atoms with Gasteiger partial charge in [-0.3, -0.25) is 9.78 Å². The summed E-state index contributed by atoms with van der Waals surface area (Å²) < 4.78 is 27.9.